The van der Waals surface area contributed by atoms with Gasteiger partial charge in [0.2, 0.25) is 0 Å². The van der Waals surface area contributed by atoms with Crippen molar-refractivity contribution in [3.63, 3.8) is 0 Å². The molecule has 1 aliphatic heterocycles. The van der Waals surface area contributed by atoms with Crippen LogP contribution in [0.15, 0.2) is 23.2 Å². The number of benzene rings is 1. The van der Waals surface area contributed by atoms with Gasteiger partial charge in [0.05, 0.1) is 7.11 Å². The molecule has 1 heterocycles. The second-order valence-corrected chi connectivity index (χ2v) is 6.99. The highest BCUT2D eigenvalue weighted by molar-refractivity contribution is 5.79. The molecule has 1 fully saturated rings. The average molecular weight is 362 g/mol. The van der Waals surface area contributed by atoms with Gasteiger partial charge in [0.15, 0.2) is 5.96 Å². The first kappa shape index (κ1) is 20.5. The van der Waals surface area contributed by atoms with Crippen LogP contribution < -0.4 is 15.4 Å². The number of methoxy groups -OCH3 is 1. The van der Waals surface area contributed by atoms with Crippen LogP contribution >= 0.6 is 0 Å². The molecule has 0 amide bonds. The van der Waals surface area contributed by atoms with Crippen molar-refractivity contribution < 1.29 is 4.74 Å². The maximum atomic E-state index is 5.45. The first-order valence-corrected chi connectivity index (χ1v) is 9.61. The Morgan fingerprint density at radius 2 is 1.96 bits per heavy atom. The van der Waals surface area contributed by atoms with Gasteiger partial charge in [-0.3, -0.25) is 4.99 Å². The summed E-state index contributed by atoms with van der Waals surface area (Å²) in [6.07, 6.45) is 2.16. The highest BCUT2D eigenvalue weighted by atomic mass is 16.5. The highest BCUT2D eigenvalue weighted by Crippen LogP contribution is 2.19. The summed E-state index contributed by atoms with van der Waals surface area (Å²) in [7, 11) is 5.75. The molecule has 2 N–H and O–H groups in total. The van der Waals surface area contributed by atoms with Crippen LogP contribution in [0.5, 0.6) is 5.75 Å². The van der Waals surface area contributed by atoms with E-state index in [1.165, 1.54) is 30.6 Å². The highest BCUT2D eigenvalue weighted by Gasteiger charge is 2.11. The van der Waals surface area contributed by atoms with Crippen molar-refractivity contribution in [1.82, 2.24) is 20.4 Å². The van der Waals surface area contributed by atoms with Gasteiger partial charge in [0.25, 0.3) is 0 Å². The Hall–Kier alpha value is -1.79. The van der Waals surface area contributed by atoms with Crippen LogP contribution in [-0.2, 0) is 6.42 Å². The Balaban J connectivity index is 1.70. The third-order valence-corrected chi connectivity index (χ3v) is 4.88. The Labute approximate surface area is 158 Å². The van der Waals surface area contributed by atoms with Crippen molar-refractivity contribution in [3.8, 4) is 5.75 Å². The van der Waals surface area contributed by atoms with E-state index in [1.807, 2.05) is 13.1 Å². The zero-order chi connectivity index (χ0) is 18.8. The second kappa shape index (κ2) is 11.0. The summed E-state index contributed by atoms with van der Waals surface area (Å²) in [5.74, 6) is 1.81. The minimum Gasteiger partial charge on any atom is -0.496 e. The van der Waals surface area contributed by atoms with Gasteiger partial charge in [-0.25, -0.2) is 0 Å². The molecular weight excluding hydrogens is 326 g/mol. The molecule has 0 atom stereocenters. The fraction of sp³-hybridized carbons (Fsp3) is 0.650. The lowest BCUT2D eigenvalue weighted by Gasteiger charge is -2.21. The monoisotopic (exact) mass is 361 g/mol. The van der Waals surface area contributed by atoms with Crippen LogP contribution in [0.1, 0.15) is 17.5 Å². The molecule has 1 aromatic carbocycles. The largest absolute Gasteiger partial charge is 0.496 e. The third kappa shape index (κ3) is 6.84. The molecule has 6 nitrogen and oxygen atoms in total. The Morgan fingerprint density at radius 3 is 2.73 bits per heavy atom. The van der Waals surface area contributed by atoms with Crippen LogP contribution in [0.4, 0.5) is 0 Å². The zero-order valence-electron chi connectivity index (χ0n) is 16.8. The first-order valence-electron chi connectivity index (χ1n) is 9.61. The smallest absolute Gasteiger partial charge is 0.191 e. The number of rotatable bonds is 7. The van der Waals surface area contributed by atoms with E-state index in [0.29, 0.717) is 0 Å². The minimum absolute atomic E-state index is 0.827. The molecule has 0 aromatic heterocycles. The summed E-state index contributed by atoms with van der Waals surface area (Å²) in [5, 5.41) is 6.83. The summed E-state index contributed by atoms with van der Waals surface area (Å²) < 4.78 is 5.45. The molecule has 0 spiro atoms. The van der Waals surface area contributed by atoms with E-state index >= 15 is 0 Å². The number of guanidine groups is 1. The predicted molar refractivity (Wildman–Crippen MR) is 109 cm³/mol. The molecule has 0 saturated carbocycles. The van der Waals surface area contributed by atoms with E-state index in [1.54, 1.807) is 7.11 Å². The number of likely N-dealkylation sites (N-methyl/N-ethyl adjacent to an activating group) is 1. The molecule has 1 saturated heterocycles. The number of aryl methyl sites for hydroxylation is 1. The first-order chi connectivity index (χ1) is 12.6. The number of nitrogens with one attached hydrogen (secondary N) is 2. The molecular formula is C20H35N5O. The van der Waals surface area contributed by atoms with Crippen LogP contribution in [0, 0.1) is 6.92 Å². The van der Waals surface area contributed by atoms with Crippen molar-refractivity contribution in [3.05, 3.63) is 29.3 Å². The standard InChI is InChI=1S/C20H35N5O/c1-17-6-7-19(26-4)18(16-17)8-9-22-20(21-2)23-10-13-25-12-5-11-24(3)14-15-25/h6-7,16H,5,8-15H2,1-4H3,(H2,21,22,23). The maximum Gasteiger partial charge on any atom is 0.191 e. The molecule has 2 rings (SSSR count). The molecule has 0 radical (unpaired) electrons. The lowest BCUT2D eigenvalue weighted by Crippen LogP contribution is -2.42. The van der Waals surface area contributed by atoms with Crippen LogP contribution in [-0.4, -0.2) is 82.8 Å². The number of ether oxygens (including phenoxy) is 1. The summed E-state index contributed by atoms with van der Waals surface area (Å²) in [5.41, 5.74) is 2.48. The van der Waals surface area contributed by atoms with Crippen LogP contribution in [0.25, 0.3) is 0 Å². The summed E-state index contributed by atoms with van der Waals surface area (Å²) in [6, 6.07) is 6.31. The van der Waals surface area contributed by atoms with Gasteiger partial charge in [0.1, 0.15) is 5.75 Å². The lowest BCUT2D eigenvalue weighted by atomic mass is 10.1. The van der Waals surface area contributed by atoms with Gasteiger partial charge in [-0.1, -0.05) is 17.7 Å². The number of hydrogen-bond acceptors (Lipinski definition) is 4. The molecule has 146 valence electrons. The van der Waals surface area contributed by atoms with E-state index in [2.05, 4.69) is 51.5 Å². The van der Waals surface area contributed by atoms with Gasteiger partial charge in [-0.05, 0) is 51.5 Å². The van der Waals surface area contributed by atoms with Crippen molar-refractivity contribution in [1.29, 1.82) is 0 Å². The van der Waals surface area contributed by atoms with Gasteiger partial charge >= 0.3 is 0 Å². The lowest BCUT2D eigenvalue weighted by molar-refractivity contribution is 0.280. The van der Waals surface area contributed by atoms with Crippen LogP contribution in [0.2, 0.25) is 0 Å². The number of nitrogens with zero attached hydrogens (tertiary/aromatic N) is 3. The third-order valence-electron chi connectivity index (χ3n) is 4.88. The van der Waals surface area contributed by atoms with E-state index in [9.17, 15) is 0 Å². The zero-order valence-corrected chi connectivity index (χ0v) is 16.8. The average Bonchev–Trinajstić information content (AvgIpc) is 2.85. The fourth-order valence-electron chi connectivity index (χ4n) is 3.29. The second-order valence-electron chi connectivity index (χ2n) is 6.99. The van der Waals surface area contributed by atoms with Crippen molar-refractivity contribution in [2.75, 3.05) is 67.0 Å². The van der Waals surface area contributed by atoms with E-state index < -0.39 is 0 Å². The predicted octanol–water partition coefficient (Wildman–Crippen LogP) is 1.35. The topological polar surface area (TPSA) is 52.1 Å². The Kier molecular flexibility index (Phi) is 8.71. The van der Waals surface area contributed by atoms with Gasteiger partial charge in [0, 0.05) is 39.8 Å². The quantitative estimate of drug-likeness (QED) is 0.567. The van der Waals surface area contributed by atoms with Crippen molar-refractivity contribution in [2.24, 2.45) is 4.99 Å². The van der Waals surface area contributed by atoms with Gasteiger partial charge < -0.3 is 25.2 Å². The molecule has 1 aromatic rings. The Bertz CT molecular complexity index is 575. The maximum absolute atomic E-state index is 5.45. The van der Waals surface area contributed by atoms with E-state index in [0.717, 1.165) is 50.9 Å². The van der Waals surface area contributed by atoms with Gasteiger partial charge in [-0.2, -0.15) is 0 Å². The van der Waals surface area contributed by atoms with Gasteiger partial charge in [-0.15, -0.1) is 0 Å². The molecule has 0 aliphatic carbocycles. The molecule has 0 unspecified atom stereocenters. The van der Waals surface area contributed by atoms with E-state index in [4.69, 9.17) is 4.74 Å². The molecule has 6 heteroatoms. The SMILES string of the molecule is CN=C(NCCc1cc(C)ccc1OC)NCCN1CCCN(C)CC1. The number of hydrogen-bond donors (Lipinski definition) is 2. The summed E-state index contributed by atoms with van der Waals surface area (Å²) in [6.45, 7) is 9.60. The fourth-order valence-corrected chi connectivity index (χ4v) is 3.29. The molecule has 1 aliphatic rings. The molecule has 26 heavy (non-hydrogen) atoms. The minimum atomic E-state index is 0.827. The number of aliphatic imine (C=N–C) groups is 1. The summed E-state index contributed by atoms with van der Waals surface area (Å²) >= 11 is 0. The van der Waals surface area contributed by atoms with Crippen molar-refractivity contribution >= 4 is 5.96 Å². The van der Waals surface area contributed by atoms with E-state index in [-0.39, 0.29) is 0 Å². The normalized spacial score (nSPS) is 17.0. The van der Waals surface area contributed by atoms with Crippen molar-refractivity contribution in [2.45, 2.75) is 19.8 Å². The van der Waals surface area contributed by atoms with Crippen LogP contribution in [0.3, 0.4) is 0 Å². The Morgan fingerprint density at radius 1 is 1.15 bits per heavy atom. The molecule has 0 bridgehead atoms. The summed E-state index contributed by atoms with van der Waals surface area (Å²) in [4.78, 5) is 9.27.